The van der Waals surface area contributed by atoms with Gasteiger partial charge in [0.15, 0.2) is 0 Å². The zero-order valence-corrected chi connectivity index (χ0v) is 9.59. The summed E-state index contributed by atoms with van der Waals surface area (Å²) in [6.07, 6.45) is 5.55. The molecule has 0 bridgehead atoms. The van der Waals surface area contributed by atoms with E-state index in [1.54, 1.807) is 6.20 Å². The van der Waals surface area contributed by atoms with E-state index in [1.165, 1.54) is 5.56 Å². The summed E-state index contributed by atoms with van der Waals surface area (Å²) in [5.41, 5.74) is 3.38. The fraction of sp³-hybridized carbons (Fsp3) is 0.308. The first-order valence-corrected chi connectivity index (χ1v) is 5.40. The molecule has 84 valence electrons. The Kier molecular flexibility index (Phi) is 3.06. The van der Waals surface area contributed by atoms with E-state index in [1.807, 2.05) is 31.6 Å². The van der Waals surface area contributed by atoms with Gasteiger partial charge in [-0.25, -0.2) is 4.98 Å². The Balaban J connectivity index is 2.41. The second-order valence-corrected chi connectivity index (χ2v) is 3.98. The highest BCUT2D eigenvalue weighted by molar-refractivity contribution is 5.36. The van der Waals surface area contributed by atoms with Crippen LogP contribution in [-0.2, 0) is 6.61 Å². The van der Waals surface area contributed by atoms with Crippen LogP contribution in [0.4, 0.5) is 0 Å². The van der Waals surface area contributed by atoms with Gasteiger partial charge in [-0.1, -0.05) is 18.2 Å². The van der Waals surface area contributed by atoms with Gasteiger partial charge in [0.1, 0.15) is 0 Å². The number of aromatic nitrogens is 2. The monoisotopic (exact) mass is 216 g/mol. The van der Waals surface area contributed by atoms with E-state index < -0.39 is 0 Å². The highest BCUT2D eigenvalue weighted by Crippen LogP contribution is 2.23. The minimum atomic E-state index is 0.0936. The Morgan fingerprint density at radius 2 is 2.25 bits per heavy atom. The largest absolute Gasteiger partial charge is 0.392 e. The lowest BCUT2D eigenvalue weighted by molar-refractivity contribution is 0.281. The molecule has 0 radical (unpaired) electrons. The SMILES string of the molecule is Cc1c(CO)cccc1[C@H](C)n1ccnc1. The minimum absolute atomic E-state index is 0.0936. The van der Waals surface area contributed by atoms with Crippen LogP contribution in [0, 0.1) is 6.92 Å². The summed E-state index contributed by atoms with van der Waals surface area (Å²) in [6, 6.07) is 6.29. The predicted molar refractivity (Wildman–Crippen MR) is 63.1 cm³/mol. The Labute approximate surface area is 95.4 Å². The van der Waals surface area contributed by atoms with Crippen molar-refractivity contribution in [3.8, 4) is 0 Å². The Morgan fingerprint density at radius 3 is 2.88 bits per heavy atom. The predicted octanol–water partition coefficient (Wildman–Crippen LogP) is 2.29. The van der Waals surface area contributed by atoms with Crippen LogP contribution in [0.25, 0.3) is 0 Å². The molecule has 2 aromatic rings. The molecule has 1 heterocycles. The number of hydrogen-bond acceptors (Lipinski definition) is 2. The van der Waals surface area contributed by atoms with Crippen molar-refractivity contribution in [1.82, 2.24) is 9.55 Å². The Hall–Kier alpha value is -1.61. The van der Waals surface area contributed by atoms with Gasteiger partial charge in [-0.2, -0.15) is 0 Å². The van der Waals surface area contributed by atoms with Gasteiger partial charge in [-0.3, -0.25) is 0 Å². The Bertz CT molecular complexity index is 463. The lowest BCUT2D eigenvalue weighted by atomic mass is 9.98. The van der Waals surface area contributed by atoms with Crippen molar-refractivity contribution in [2.45, 2.75) is 26.5 Å². The molecule has 2 rings (SSSR count). The molecule has 0 aliphatic carbocycles. The number of nitrogens with zero attached hydrogens (tertiary/aromatic N) is 2. The molecule has 16 heavy (non-hydrogen) atoms. The van der Waals surface area contributed by atoms with Gasteiger partial charge in [-0.05, 0) is 30.5 Å². The van der Waals surface area contributed by atoms with Crippen molar-refractivity contribution in [3.63, 3.8) is 0 Å². The van der Waals surface area contributed by atoms with E-state index in [9.17, 15) is 5.11 Å². The third-order valence-electron chi connectivity index (χ3n) is 3.08. The van der Waals surface area contributed by atoms with Gasteiger partial charge in [-0.15, -0.1) is 0 Å². The lowest BCUT2D eigenvalue weighted by Crippen LogP contribution is -2.07. The maximum atomic E-state index is 9.24. The first kappa shape index (κ1) is 10.9. The third kappa shape index (κ3) is 1.86. The molecule has 1 aromatic heterocycles. The van der Waals surface area contributed by atoms with Crippen LogP contribution in [0.3, 0.4) is 0 Å². The summed E-state index contributed by atoms with van der Waals surface area (Å²) >= 11 is 0. The van der Waals surface area contributed by atoms with Crippen LogP contribution >= 0.6 is 0 Å². The molecule has 0 saturated carbocycles. The molecular weight excluding hydrogens is 200 g/mol. The number of imidazole rings is 1. The standard InChI is InChI=1S/C13H16N2O/c1-10-12(8-16)4-3-5-13(10)11(2)15-7-6-14-9-15/h3-7,9,11,16H,8H2,1-2H3/t11-/m0/s1. The topological polar surface area (TPSA) is 38.0 Å². The van der Waals surface area contributed by atoms with E-state index in [2.05, 4.69) is 22.5 Å². The van der Waals surface area contributed by atoms with Crippen LogP contribution in [0.1, 0.15) is 29.7 Å². The Morgan fingerprint density at radius 1 is 1.44 bits per heavy atom. The molecule has 0 spiro atoms. The number of benzene rings is 1. The van der Waals surface area contributed by atoms with Crippen molar-refractivity contribution in [1.29, 1.82) is 0 Å². The third-order valence-corrected chi connectivity index (χ3v) is 3.08. The van der Waals surface area contributed by atoms with Crippen molar-refractivity contribution in [2.24, 2.45) is 0 Å². The van der Waals surface area contributed by atoms with Crippen LogP contribution in [0.5, 0.6) is 0 Å². The number of rotatable bonds is 3. The zero-order valence-electron chi connectivity index (χ0n) is 9.59. The van der Waals surface area contributed by atoms with Gasteiger partial charge in [0.25, 0.3) is 0 Å². The van der Waals surface area contributed by atoms with Gasteiger partial charge in [0, 0.05) is 12.4 Å². The number of hydrogen-bond donors (Lipinski definition) is 1. The summed E-state index contributed by atoms with van der Waals surface area (Å²) < 4.78 is 2.06. The average molecular weight is 216 g/mol. The molecule has 1 atom stereocenters. The second-order valence-electron chi connectivity index (χ2n) is 3.98. The van der Waals surface area contributed by atoms with Crippen molar-refractivity contribution in [3.05, 3.63) is 53.6 Å². The summed E-state index contributed by atoms with van der Waals surface area (Å²) in [6.45, 7) is 4.27. The highest BCUT2D eigenvalue weighted by Gasteiger charge is 2.11. The minimum Gasteiger partial charge on any atom is -0.392 e. The summed E-state index contributed by atoms with van der Waals surface area (Å²) in [4.78, 5) is 4.05. The normalized spacial score (nSPS) is 12.7. The van der Waals surface area contributed by atoms with Gasteiger partial charge in [0.05, 0.1) is 19.0 Å². The summed E-state index contributed by atoms with van der Waals surface area (Å²) in [5.74, 6) is 0. The van der Waals surface area contributed by atoms with Crippen LogP contribution in [0.15, 0.2) is 36.9 Å². The fourth-order valence-corrected chi connectivity index (χ4v) is 1.99. The van der Waals surface area contributed by atoms with E-state index in [-0.39, 0.29) is 12.6 Å². The number of aliphatic hydroxyl groups excluding tert-OH is 1. The summed E-state index contributed by atoms with van der Waals surface area (Å²) in [5, 5.41) is 9.24. The molecule has 0 aliphatic heterocycles. The van der Waals surface area contributed by atoms with Gasteiger partial charge in [0.2, 0.25) is 0 Å². The average Bonchev–Trinajstić information content (AvgIpc) is 2.82. The zero-order chi connectivity index (χ0) is 11.5. The quantitative estimate of drug-likeness (QED) is 0.854. The second kappa shape index (κ2) is 4.49. The van der Waals surface area contributed by atoms with Crippen molar-refractivity contribution >= 4 is 0 Å². The van der Waals surface area contributed by atoms with E-state index in [0.717, 1.165) is 11.1 Å². The molecule has 0 fully saturated rings. The van der Waals surface area contributed by atoms with E-state index in [0.29, 0.717) is 0 Å². The molecule has 3 heteroatoms. The molecule has 3 nitrogen and oxygen atoms in total. The smallest absolute Gasteiger partial charge is 0.0951 e. The van der Waals surface area contributed by atoms with Crippen molar-refractivity contribution < 1.29 is 5.11 Å². The van der Waals surface area contributed by atoms with Gasteiger partial charge < -0.3 is 9.67 Å². The van der Waals surface area contributed by atoms with Crippen LogP contribution < -0.4 is 0 Å². The highest BCUT2D eigenvalue weighted by atomic mass is 16.3. The van der Waals surface area contributed by atoms with Crippen molar-refractivity contribution in [2.75, 3.05) is 0 Å². The molecule has 1 aromatic carbocycles. The van der Waals surface area contributed by atoms with Crippen LogP contribution in [-0.4, -0.2) is 14.7 Å². The maximum absolute atomic E-state index is 9.24. The molecule has 0 unspecified atom stereocenters. The lowest BCUT2D eigenvalue weighted by Gasteiger charge is -2.17. The molecule has 0 saturated heterocycles. The molecule has 0 amide bonds. The number of aliphatic hydroxyl groups is 1. The first-order valence-electron chi connectivity index (χ1n) is 5.40. The van der Waals surface area contributed by atoms with E-state index in [4.69, 9.17) is 0 Å². The van der Waals surface area contributed by atoms with E-state index >= 15 is 0 Å². The first-order chi connectivity index (χ1) is 7.74. The maximum Gasteiger partial charge on any atom is 0.0951 e. The molecule has 0 aliphatic rings. The molecule has 1 N–H and O–H groups in total. The van der Waals surface area contributed by atoms with Gasteiger partial charge >= 0.3 is 0 Å². The summed E-state index contributed by atoms with van der Waals surface area (Å²) in [7, 11) is 0. The van der Waals surface area contributed by atoms with Crippen LogP contribution in [0.2, 0.25) is 0 Å². The molecular formula is C13H16N2O. The fourth-order valence-electron chi connectivity index (χ4n) is 1.99.